The van der Waals surface area contributed by atoms with Crippen molar-refractivity contribution in [2.45, 2.75) is 27.0 Å². The molecule has 3 aromatic carbocycles. The molecule has 6 nitrogen and oxygen atoms in total. The Bertz CT molecular complexity index is 2260. The molecule has 6 heteroatoms. The lowest BCUT2D eigenvalue weighted by Gasteiger charge is -2.10. The van der Waals surface area contributed by atoms with Gasteiger partial charge in [-0.1, -0.05) is 30.2 Å². The van der Waals surface area contributed by atoms with E-state index >= 15 is 0 Å². The summed E-state index contributed by atoms with van der Waals surface area (Å²) in [5.41, 5.74) is -7.21. The van der Waals surface area contributed by atoms with Crippen LogP contribution in [-0.2, 0) is 13.5 Å². The van der Waals surface area contributed by atoms with Gasteiger partial charge >= 0.3 is 0 Å². The molecule has 0 aliphatic carbocycles. The minimum atomic E-state index is -3.26. The zero-order valence-electron chi connectivity index (χ0n) is 29.4. The molecule has 0 unspecified atom stereocenters. The maximum absolute atomic E-state index is 13.6. The Morgan fingerprint density at radius 1 is 0.727 bits per heavy atom. The van der Waals surface area contributed by atoms with E-state index in [0.717, 1.165) is 16.7 Å². The summed E-state index contributed by atoms with van der Waals surface area (Å²) < 4.78 is 100. The molecule has 0 saturated carbocycles. The summed E-state index contributed by atoms with van der Waals surface area (Å²) in [4.78, 5) is 52.2. The van der Waals surface area contributed by atoms with E-state index in [4.69, 9.17) is 16.4 Å². The van der Waals surface area contributed by atoms with Crippen LogP contribution in [0.5, 0.6) is 0 Å². The van der Waals surface area contributed by atoms with Crippen molar-refractivity contribution >= 4 is 21.5 Å². The summed E-state index contributed by atoms with van der Waals surface area (Å²) in [6, 6.07) is -2.45. The fourth-order valence-electron chi connectivity index (χ4n) is 3.76. The average molecular weight is 451 g/mol. The van der Waals surface area contributed by atoms with Crippen LogP contribution in [0.25, 0.3) is 27.2 Å². The molecule has 0 fully saturated rings. The number of aromatic nitrogens is 2. The van der Waals surface area contributed by atoms with Gasteiger partial charge in [0.05, 0.1) is 35.5 Å². The minimum Gasteiger partial charge on any atom is -0.277 e. The highest BCUT2D eigenvalue weighted by atomic mass is 16.2. The van der Waals surface area contributed by atoms with Crippen LogP contribution in [0, 0.1) is 20.6 Å². The lowest BCUT2D eigenvalue weighted by Crippen LogP contribution is -2.24. The largest absolute Gasteiger partial charge is 0.277 e. The van der Waals surface area contributed by atoms with E-state index in [-0.39, 0.29) is 27.1 Å². The van der Waals surface area contributed by atoms with Crippen LogP contribution in [0.3, 0.4) is 0 Å². The molecule has 5 aromatic rings. The van der Waals surface area contributed by atoms with Gasteiger partial charge in [0.25, 0.3) is 22.2 Å². The number of nitrogens with zero attached hydrogens (tertiary/aromatic N) is 2. The number of benzene rings is 3. The first-order valence-electron chi connectivity index (χ1n) is 15.7. The van der Waals surface area contributed by atoms with Crippen LogP contribution >= 0.6 is 0 Å². The molecule has 0 saturated heterocycles. The first kappa shape index (κ1) is 11.2. The van der Waals surface area contributed by atoms with E-state index in [1.165, 1.54) is 14.0 Å². The van der Waals surface area contributed by atoms with Crippen molar-refractivity contribution in [2.24, 2.45) is 7.05 Å². The van der Waals surface area contributed by atoms with Gasteiger partial charge in [0, 0.05) is 15.3 Å². The molecule has 0 aliphatic rings. The molecule has 2 heterocycles. The molecular weight excluding hydrogens is 416 g/mol. The van der Waals surface area contributed by atoms with E-state index < -0.39 is 107 Å². The van der Waals surface area contributed by atoms with Crippen molar-refractivity contribution in [1.29, 1.82) is 0 Å². The zero-order chi connectivity index (χ0) is 33.8. The summed E-state index contributed by atoms with van der Waals surface area (Å²) >= 11 is 0. The van der Waals surface area contributed by atoms with Crippen LogP contribution < -0.4 is 22.2 Å². The molecule has 0 amide bonds. The molecule has 0 atom stereocenters. The zero-order valence-corrected chi connectivity index (χ0v) is 17.4. The summed E-state index contributed by atoms with van der Waals surface area (Å²) in [7, 11) is 1.21. The smallest absolute Gasteiger partial charge is 0.266 e. The van der Waals surface area contributed by atoms with Crippen LogP contribution in [0.1, 0.15) is 44.3 Å². The molecule has 33 heavy (non-hydrogen) atoms. The number of fused-ring (bicyclic) bond motifs is 2. The van der Waals surface area contributed by atoms with Gasteiger partial charge in [-0.2, -0.15) is 0 Å². The lowest BCUT2D eigenvalue weighted by molar-refractivity contribution is 0.856. The standard InChI is InChI=1S/C27H22N2O4/c1-14-5-6-17(9-15(14)2)11-18-7-8-23(16(3)10-18)29-26(32)21-12-19-20(13-22(21)27(29)33)25(31)28(4)24(19)30/h5-10,12-13H,11H2,1-4H3/i2D3,3D3,5D,6D,7D,8D,9D,10D. The molecule has 5 rings (SSSR count). The van der Waals surface area contributed by atoms with Crippen molar-refractivity contribution in [3.8, 4) is 5.69 Å². The summed E-state index contributed by atoms with van der Waals surface area (Å²) in [6.07, 6.45) is -0.744. The molecule has 0 radical (unpaired) electrons. The molecule has 0 bridgehead atoms. The summed E-state index contributed by atoms with van der Waals surface area (Å²) in [5.74, 6) is 0. The Hall–Kier alpha value is -4.06. The van der Waals surface area contributed by atoms with Gasteiger partial charge in [0.2, 0.25) is 0 Å². The molecule has 0 N–H and O–H groups in total. The van der Waals surface area contributed by atoms with Crippen LogP contribution in [0.4, 0.5) is 0 Å². The first-order valence-corrected chi connectivity index (χ1v) is 9.74. The normalized spacial score (nSPS) is 17.6. The van der Waals surface area contributed by atoms with Crippen molar-refractivity contribution in [1.82, 2.24) is 9.13 Å². The highest BCUT2D eigenvalue weighted by molar-refractivity contribution is 5.98. The number of rotatable bonds is 3. The van der Waals surface area contributed by atoms with Gasteiger partial charge in [-0.3, -0.25) is 23.7 Å². The molecular formula is C27H22N2O4. The molecule has 2 aromatic heterocycles. The predicted octanol–water partition coefficient (Wildman–Crippen LogP) is 2.95. The van der Waals surface area contributed by atoms with Crippen molar-refractivity contribution in [2.75, 3.05) is 0 Å². The van der Waals surface area contributed by atoms with E-state index in [0.29, 0.717) is 4.57 Å². The third-order valence-corrected chi connectivity index (χ3v) is 5.57. The van der Waals surface area contributed by atoms with Crippen molar-refractivity contribution in [3.05, 3.63) is 118 Å². The quantitative estimate of drug-likeness (QED) is 0.423. The minimum absolute atomic E-state index is 0.141. The van der Waals surface area contributed by atoms with Crippen molar-refractivity contribution in [3.63, 3.8) is 0 Å². The predicted molar refractivity (Wildman–Crippen MR) is 131 cm³/mol. The van der Waals surface area contributed by atoms with Gasteiger partial charge in [-0.05, 0) is 73.0 Å². The van der Waals surface area contributed by atoms with Gasteiger partial charge in [0.15, 0.2) is 0 Å². The van der Waals surface area contributed by atoms with Gasteiger partial charge in [0.1, 0.15) is 0 Å². The van der Waals surface area contributed by atoms with E-state index in [2.05, 4.69) is 0 Å². The maximum Gasteiger partial charge on any atom is 0.266 e. The monoisotopic (exact) mass is 450 g/mol. The fourth-order valence-corrected chi connectivity index (χ4v) is 3.76. The third kappa shape index (κ3) is 3.09. The lowest BCUT2D eigenvalue weighted by atomic mass is 9.99. The Balaban J connectivity index is 1.86. The van der Waals surface area contributed by atoms with Crippen LogP contribution in [0.15, 0.2) is 67.6 Å². The van der Waals surface area contributed by atoms with Gasteiger partial charge < -0.3 is 0 Å². The average Bonchev–Trinajstić information content (AvgIpc) is 3.30. The van der Waals surface area contributed by atoms with Gasteiger partial charge in [-0.25, -0.2) is 4.57 Å². The highest BCUT2D eigenvalue weighted by Gasteiger charge is 2.20. The molecule has 0 spiro atoms. The Morgan fingerprint density at radius 3 is 1.82 bits per heavy atom. The second kappa shape index (κ2) is 7.24. The number of hydrogen-bond acceptors (Lipinski definition) is 4. The first-order chi connectivity index (χ1) is 20.6. The van der Waals surface area contributed by atoms with E-state index in [9.17, 15) is 19.2 Å². The van der Waals surface area contributed by atoms with Gasteiger partial charge in [-0.15, -0.1) is 0 Å². The SMILES string of the molecule is [2H]c1c([2H])c(Cc2c([2H])c([2H])c(-n3c(=O)c4cc5c(=O)n(C)c(=O)c5cc4c3=O)c(C([2H])([2H])[2H])c2[2H])c([2H])c(C([2H])([2H])[2H])c1C. The van der Waals surface area contributed by atoms with E-state index in [1.807, 2.05) is 0 Å². The van der Waals surface area contributed by atoms with Crippen molar-refractivity contribution < 1.29 is 16.4 Å². The Kier molecular flexibility index (Phi) is 2.45. The van der Waals surface area contributed by atoms with E-state index in [1.54, 1.807) is 0 Å². The molecule has 0 aliphatic heterocycles. The topological polar surface area (TPSA) is 78.1 Å². The van der Waals surface area contributed by atoms with Crippen LogP contribution in [0.2, 0.25) is 0 Å². The third-order valence-electron chi connectivity index (χ3n) is 5.57. The number of hydrogen-bond donors (Lipinski definition) is 0. The molecule has 164 valence electrons. The summed E-state index contributed by atoms with van der Waals surface area (Å²) in [6.45, 7) is -4.86. The Labute approximate surface area is 205 Å². The second-order valence-electron chi connectivity index (χ2n) is 7.67. The second-order valence-corrected chi connectivity index (χ2v) is 7.67. The maximum atomic E-state index is 13.6. The Morgan fingerprint density at radius 2 is 1.24 bits per heavy atom. The highest BCUT2D eigenvalue weighted by Crippen LogP contribution is 2.20. The fraction of sp³-hybridized carbons (Fsp3) is 0.185. The summed E-state index contributed by atoms with van der Waals surface area (Å²) in [5, 5.41) is -1.04. The van der Waals surface area contributed by atoms with Crippen LogP contribution in [-0.4, -0.2) is 9.13 Å².